The molecule has 0 fully saturated rings. The summed E-state index contributed by atoms with van der Waals surface area (Å²) in [6, 6.07) is 9.59. The van der Waals surface area contributed by atoms with E-state index in [0.29, 0.717) is 0 Å². The van der Waals surface area contributed by atoms with Crippen molar-refractivity contribution in [3.63, 3.8) is 0 Å². The number of hydrogen-bond acceptors (Lipinski definition) is 4. The van der Waals surface area contributed by atoms with E-state index in [2.05, 4.69) is 12.2 Å². The molecule has 2 aromatic carbocycles. The van der Waals surface area contributed by atoms with Gasteiger partial charge in [0.2, 0.25) is 0 Å². The fourth-order valence-corrected chi connectivity index (χ4v) is 3.74. The second-order valence-electron chi connectivity index (χ2n) is 8.09. The van der Waals surface area contributed by atoms with E-state index in [0.717, 1.165) is 49.7 Å². The molecule has 4 nitrogen and oxygen atoms in total. The normalized spacial score (nSPS) is 11.3. The zero-order chi connectivity index (χ0) is 21.6. The Balaban J connectivity index is 1.40. The molecule has 4 N–H and O–H groups in total. The summed E-state index contributed by atoms with van der Waals surface area (Å²) >= 11 is 0. The Hall–Kier alpha value is -2.62. The van der Waals surface area contributed by atoms with Crippen LogP contribution in [0.4, 0.5) is 0 Å². The Labute approximate surface area is 180 Å². The van der Waals surface area contributed by atoms with Crippen molar-refractivity contribution in [2.45, 2.75) is 77.0 Å². The lowest BCUT2D eigenvalue weighted by Crippen LogP contribution is -1.87. The summed E-state index contributed by atoms with van der Waals surface area (Å²) < 4.78 is 0. The first-order chi connectivity index (χ1) is 14.5. The van der Waals surface area contributed by atoms with Crippen LogP contribution in [0.2, 0.25) is 0 Å². The van der Waals surface area contributed by atoms with Gasteiger partial charge < -0.3 is 20.4 Å². The summed E-state index contributed by atoms with van der Waals surface area (Å²) in [4.78, 5) is 0. The monoisotopic (exact) mass is 412 g/mol. The Morgan fingerprint density at radius 3 is 1.30 bits per heavy atom. The van der Waals surface area contributed by atoms with E-state index in [1.54, 1.807) is 24.3 Å². The summed E-state index contributed by atoms with van der Waals surface area (Å²) in [5.74, 6) is 0.515. The Kier molecular flexibility index (Phi) is 10.7. The first kappa shape index (κ1) is 23.7. The van der Waals surface area contributed by atoms with Gasteiger partial charge in [0.05, 0.1) is 0 Å². The van der Waals surface area contributed by atoms with Crippen LogP contribution in [0.15, 0.2) is 48.6 Å². The van der Waals surface area contributed by atoms with Crippen molar-refractivity contribution in [1.82, 2.24) is 0 Å². The summed E-state index contributed by atoms with van der Waals surface area (Å²) in [6.45, 7) is 0. The third-order valence-electron chi connectivity index (χ3n) is 5.26. The van der Waals surface area contributed by atoms with Crippen molar-refractivity contribution in [3.8, 4) is 23.0 Å². The van der Waals surface area contributed by atoms with Gasteiger partial charge in [-0.2, -0.15) is 0 Å². The molecule has 30 heavy (non-hydrogen) atoms. The summed E-state index contributed by atoms with van der Waals surface area (Å²) in [6.07, 6.45) is 18.0. The van der Waals surface area contributed by atoms with Crippen molar-refractivity contribution in [3.05, 3.63) is 59.7 Å². The smallest absolute Gasteiger partial charge is 0.119 e. The lowest BCUT2D eigenvalue weighted by molar-refractivity contribution is 0.448. The average Bonchev–Trinajstić information content (AvgIpc) is 2.66. The van der Waals surface area contributed by atoms with Gasteiger partial charge in [0.15, 0.2) is 0 Å². The molecule has 2 rings (SSSR count). The fourth-order valence-electron chi connectivity index (χ4n) is 3.74. The number of aromatic hydroxyl groups is 4. The molecule has 0 radical (unpaired) electrons. The molecule has 0 saturated heterocycles. The molecule has 0 heterocycles. The molecule has 0 bridgehead atoms. The van der Waals surface area contributed by atoms with Gasteiger partial charge in [0.1, 0.15) is 23.0 Å². The van der Waals surface area contributed by atoms with E-state index < -0.39 is 0 Å². The van der Waals surface area contributed by atoms with Crippen LogP contribution < -0.4 is 0 Å². The molecule has 0 spiro atoms. The summed E-state index contributed by atoms with van der Waals surface area (Å²) in [5, 5.41) is 37.9. The standard InChI is InChI=1S/C26H36O4/c27-23-15-21(16-24(28)19-23)13-11-9-7-5-3-1-2-4-6-8-10-12-14-22-17-25(29)20-26(30)18-22/h5,7,15-20,27-30H,1-4,6,8-14H2/b7-5-. The minimum absolute atomic E-state index is 0.123. The number of benzene rings is 2. The van der Waals surface area contributed by atoms with Gasteiger partial charge in [0.25, 0.3) is 0 Å². The number of phenols is 4. The summed E-state index contributed by atoms with van der Waals surface area (Å²) in [7, 11) is 0. The Morgan fingerprint density at radius 2 is 0.800 bits per heavy atom. The quantitative estimate of drug-likeness (QED) is 0.204. The third kappa shape index (κ3) is 10.2. The molecule has 0 aliphatic heterocycles. The van der Waals surface area contributed by atoms with Crippen molar-refractivity contribution in [2.24, 2.45) is 0 Å². The van der Waals surface area contributed by atoms with Gasteiger partial charge in [-0.1, -0.05) is 44.3 Å². The molecule has 2 aromatic rings. The minimum atomic E-state index is 0.123. The number of aryl methyl sites for hydroxylation is 2. The molecule has 0 unspecified atom stereocenters. The molecule has 0 amide bonds. The van der Waals surface area contributed by atoms with Crippen LogP contribution in [0.1, 0.15) is 75.3 Å². The van der Waals surface area contributed by atoms with Crippen LogP contribution in [-0.2, 0) is 12.8 Å². The first-order valence-electron chi connectivity index (χ1n) is 11.2. The molecular formula is C26H36O4. The van der Waals surface area contributed by atoms with Crippen LogP contribution in [0.5, 0.6) is 23.0 Å². The fraction of sp³-hybridized carbons (Fsp3) is 0.462. The maximum absolute atomic E-state index is 9.48. The van der Waals surface area contributed by atoms with Crippen molar-refractivity contribution < 1.29 is 20.4 Å². The largest absolute Gasteiger partial charge is 0.508 e. The number of phenolic OH excluding ortho intramolecular Hbond substituents is 4. The van der Waals surface area contributed by atoms with E-state index >= 15 is 0 Å². The molecule has 4 heteroatoms. The van der Waals surface area contributed by atoms with Crippen molar-refractivity contribution in [2.75, 3.05) is 0 Å². The maximum Gasteiger partial charge on any atom is 0.119 e. The highest BCUT2D eigenvalue weighted by Gasteiger charge is 2.00. The van der Waals surface area contributed by atoms with Gasteiger partial charge in [-0.25, -0.2) is 0 Å². The zero-order valence-electron chi connectivity index (χ0n) is 17.9. The van der Waals surface area contributed by atoms with Gasteiger partial charge >= 0.3 is 0 Å². The highest BCUT2D eigenvalue weighted by Crippen LogP contribution is 2.23. The van der Waals surface area contributed by atoms with Crippen LogP contribution >= 0.6 is 0 Å². The van der Waals surface area contributed by atoms with E-state index in [9.17, 15) is 20.4 Å². The molecule has 0 aliphatic carbocycles. The van der Waals surface area contributed by atoms with Crippen molar-refractivity contribution >= 4 is 0 Å². The number of unbranched alkanes of at least 4 members (excludes halogenated alkanes) is 8. The number of hydrogen-bond donors (Lipinski definition) is 4. The van der Waals surface area contributed by atoms with Gasteiger partial charge in [-0.15, -0.1) is 0 Å². The molecule has 0 atom stereocenters. The number of allylic oxidation sites excluding steroid dienone is 2. The predicted octanol–water partition coefficient (Wildman–Crippen LogP) is 6.75. The highest BCUT2D eigenvalue weighted by molar-refractivity contribution is 5.37. The lowest BCUT2D eigenvalue weighted by Gasteiger charge is -2.04. The van der Waals surface area contributed by atoms with E-state index in [4.69, 9.17) is 0 Å². The zero-order valence-corrected chi connectivity index (χ0v) is 17.9. The minimum Gasteiger partial charge on any atom is -0.508 e. The molecule has 164 valence electrons. The maximum atomic E-state index is 9.48. The predicted molar refractivity (Wildman–Crippen MR) is 122 cm³/mol. The molecule has 0 aliphatic rings. The second kappa shape index (κ2) is 13.6. The summed E-state index contributed by atoms with van der Waals surface area (Å²) in [5.41, 5.74) is 1.97. The Morgan fingerprint density at radius 1 is 0.433 bits per heavy atom. The molecule has 0 saturated carbocycles. The highest BCUT2D eigenvalue weighted by atomic mass is 16.3. The van der Waals surface area contributed by atoms with Gasteiger partial charge in [-0.3, -0.25) is 0 Å². The molecular weight excluding hydrogens is 376 g/mol. The van der Waals surface area contributed by atoms with Crippen LogP contribution in [-0.4, -0.2) is 20.4 Å². The Bertz CT molecular complexity index is 742. The topological polar surface area (TPSA) is 80.9 Å². The van der Waals surface area contributed by atoms with Crippen LogP contribution in [0, 0.1) is 0 Å². The van der Waals surface area contributed by atoms with Crippen LogP contribution in [0.25, 0.3) is 0 Å². The van der Waals surface area contributed by atoms with Crippen LogP contribution in [0.3, 0.4) is 0 Å². The average molecular weight is 413 g/mol. The van der Waals surface area contributed by atoms with Gasteiger partial charge in [0, 0.05) is 12.1 Å². The van der Waals surface area contributed by atoms with Gasteiger partial charge in [-0.05, 0) is 80.3 Å². The first-order valence-corrected chi connectivity index (χ1v) is 11.2. The van der Waals surface area contributed by atoms with E-state index in [-0.39, 0.29) is 23.0 Å². The van der Waals surface area contributed by atoms with Crippen molar-refractivity contribution in [1.29, 1.82) is 0 Å². The SMILES string of the molecule is Oc1cc(O)cc(CCC/C=C\CCCCCCCCCc2cc(O)cc(O)c2)c1. The molecule has 0 aromatic heterocycles. The lowest BCUT2D eigenvalue weighted by atomic mass is 10.0. The second-order valence-corrected chi connectivity index (χ2v) is 8.09. The third-order valence-corrected chi connectivity index (χ3v) is 5.26. The van der Waals surface area contributed by atoms with E-state index in [1.165, 1.54) is 50.7 Å². The number of rotatable bonds is 14. The van der Waals surface area contributed by atoms with E-state index in [1.807, 2.05) is 0 Å².